The minimum absolute atomic E-state index is 0. The van der Waals surface area contributed by atoms with Gasteiger partial charge in [-0.1, -0.05) is 0 Å². The number of halogens is 2. The molecule has 0 aromatic rings. The van der Waals surface area contributed by atoms with Gasteiger partial charge in [-0.15, -0.1) is 0 Å². The maximum absolute atomic E-state index is 6.34. The summed E-state index contributed by atoms with van der Waals surface area (Å²) in [6.45, 7) is 11.8. The van der Waals surface area contributed by atoms with Crippen molar-refractivity contribution < 1.29 is 52.5 Å². The quantitative estimate of drug-likeness (QED) is 0.467. The van der Waals surface area contributed by atoms with E-state index in [1.54, 1.807) is 11.8 Å². The van der Waals surface area contributed by atoms with Gasteiger partial charge < -0.3 is 24.8 Å². The molecule has 116 valence electrons. The fourth-order valence-electron chi connectivity index (χ4n) is 2.48. The molecule has 2 aliphatic rings. The van der Waals surface area contributed by atoms with Gasteiger partial charge in [0.05, 0.1) is 0 Å². The summed E-state index contributed by atoms with van der Waals surface area (Å²) in [6, 6.07) is 0. The molecule has 0 saturated heterocycles. The Morgan fingerprint density at radius 2 is 1.81 bits per heavy atom. The normalized spacial score (nSPS) is 17.0. The molecule has 0 spiro atoms. The zero-order valence-electron chi connectivity index (χ0n) is 13.5. The topological polar surface area (TPSA) is 9.23 Å². The zero-order chi connectivity index (χ0) is 14.0. The standard InChI is InChI=1S/C10H19OSi2.C5H5.2ClH.Zr/c1-12(2)10-8-6-7-9(10)11-13(3,4)5;1-2-4-5-3-1;;;/h7,12H,6H2,1-5H3;1-3H,4H2;2*1H;/q;;;;+2/p-2. The van der Waals surface area contributed by atoms with Gasteiger partial charge in [-0.2, -0.15) is 0 Å². The van der Waals surface area contributed by atoms with Gasteiger partial charge in [0, 0.05) is 0 Å². The molecule has 0 saturated carbocycles. The van der Waals surface area contributed by atoms with Crippen LogP contribution in [-0.2, 0) is 27.7 Å². The van der Waals surface area contributed by atoms with Crippen LogP contribution in [0.25, 0.3) is 0 Å². The average Bonchev–Trinajstić information content (AvgIpc) is 2.86. The van der Waals surface area contributed by atoms with Crippen molar-refractivity contribution in [3.05, 3.63) is 41.8 Å². The Hall–Kier alpha value is 0.657. The van der Waals surface area contributed by atoms with E-state index in [0.717, 1.165) is 0 Å². The van der Waals surface area contributed by atoms with E-state index in [1.165, 1.54) is 18.6 Å². The Kier molecular flexibility index (Phi) is 9.36. The predicted octanol–water partition coefficient (Wildman–Crippen LogP) is -1.66. The summed E-state index contributed by atoms with van der Waals surface area (Å²) in [7, 11) is -2.26. The summed E-state index contributed by atoms with van der Waals surface area (Å²) >= 11 is -0.522. The number of hydrogen-bond donors (Lipinski definition) is 0. The van der Waals surface area contributed by atoms with E-state index in [4.69, 9.17) is 4.43 Å². The van der Waals surface area contributed by atoms with Crippen molar-refractivity contribution in [3.8, 4) is 0 Å². The van der Waals surface area contributed by atoms with Crippen LogP contribution in [0.1, 0.15) is 12.8 Å². The summed E-state index contributed by atoms with van der Waals surface area (Å²) in [4.78, 5) is 0. The van der Waals surface area contributed by atoms with Crippen molar-refractivity contribution in [2.75, 3.05) is 0 Å². The Morgan fingerprint density at radius 3 is 2.29 bits per heavy atom. The van der Waals surface area contributed by atoms with Crippen LogP contribution in [0.5, 0.6) is 0 Å². The second-order valence-electron chi connectivity index (χ2n) is 6.48. The van der Waals surface area contributed by atoms with Crippen LogP contribution < -0.4 is 24.8 Å². The third-order valence-electron chi connectivity index (χ3n) is 3.16. The minimum atomic E-state index is -1.47. The van der Waals surface area contributed by atoms with Gasteiger partial charge in [-0.25, -0.2) is 0 Å². The smallest absolute Gasteiger partial charge is 1.00 e. The van der Waals surface area contributed by atoms with E-state index in [1.807, 2.05) is 0 Å². The summed E-state index contributed by atoms with van der Waals surface area (Å²) in [5.74, 6) is 1.28. The zero-order valence-corrected chi connectivity index (χ0v) is 19.6. The third-order valence-corrected chi connectivity index (χ3v) is 10.1. The molecule has 0 aromatic heterocycles. The van der Waals surface area contributed by atoms with Crippen molar-refractivity contribution in [1.82, 2.24) is 0 Å². The Bertz CT molecular complexity index is 488. The van der Waals surface area contributed by atoms with Crippen LogP contribution in [0, 0.1) is 0 Å². The number of allylic oxidation sites excluding steroid dienone is 7. The van der Waals surface area contributed by atoms with Gasteiger partial charge in [-0.3, -0.25) is 0 Å². The molecule has 0 fully saturated rings. The van der Waals surface area contributed by atoms with Crippen LogP contribution >= 0.6 is 0 Å². The molecule has 0 amide bonds. The largest absolute Gasteiger partial charge is 1.00 e. The Labute approximate surface area is 156 Å². The molecule has 0 heterocycles. The van der Waals surface area contributed by atoms with Crippen LogP contribution in [0.3, 0.4) is 0 Å². The molecular weight excluding hydrogens is 414 g/mol. The van der Waals surface area contributed by atoms with Crippen LogP contribution in [0.4, 0.5) is 0 Å². The molecule has 0 aliphatic heterocycles. The van der Waals surface area contributed by atoms with Gasteiger partial charge in [0.1, 0.15) is 0 Å². The van der Waals surface area contributed by atoms with E-state index in [2.05, 4.69) is 57.0 Å². The molecule has 0 bridgehead atoms. The first kappa shape index (κ1) is 21.7. The van der Waals surface area contributed by atoms with Gasteiger partial charge in [-0.05, 0) is 0 Å². The number of rotatable bonds is 5. The molecule has 0 unspecified atom stereocenters. The summed E-state index contributed by atoms with van der Waals surface area (Å²) in [5.41, 5.74) is 0. The monoisotopic (exact) mass is 436 g/mol. The maximum atomic E-state index is 6.34. The first-order valence-electron chi connectivity index (χ1n) is 7.12. The SMILES string of the molecule is C[SiH](C)C1=[C]([Zr+2][C]2=CC=CC2)CC=C1O[Si](C)(C)C.[Cl-].[Cl-]. The van der Waals surface area contributed by atoms with Crippen molar-refractivity contribution >= 4 is 17.1 Å². The molecule has 0 atom stereocenters. The minimum Gasteiger partial charge on any atom is -1.00 e. The molecule has 0 radical (unpaired) electrons. The fraction of sp³-hybridized carbons (Fsp3) is 0.467. The number of hydrogen-bond acceptors (Lipinski definition) is 1. The van der Waals surface area contributed by atoms with Crippen molar-refractivity contribution in [3.63, 3.8) is 0 Å². The van der Waals surface area contributed by atoms with Crippen molar-refractivity contribution in [1.29, 1.82) is 0 Å². The Morgan fingerprint density at radius 1 is 1.14 bits per heavy atom. The first-order valence-corrected chi connectivity index (χ1v) is 15.9. The van der Waals surface area contributed by atoms with Crippen molar-refractivity contribution in [2.45, 2.75) is 45.6 Å². The second kappa shape index (κ2) is 9.07. The van der Waals surface area contributed by atoms with Gasteiger partial charge in [0.25, 0.3) is 0 Å². The molecule has 1 nitrogen and oxygen atoms in total. The molecule has 0 aromatic carbocycles. The molecular formula is C15H24Cl2OSi2Zr. The predicted molar refractivity (Wildman–Crippen MR) is 84.9 cm³/mol. The third kappa shape index (κ3) is 6.35. The molecule has 6 heteroatoms. The van der Waals surface area contributed by atoms with Crippen LogP contribution in [0.15, 0.2) is 41.8 Å². The van der Waals surface area contributed by atoms with E-state index in [-0.39, 0.29) is 24.8 Å². The van der Waals surface area contributed by atoms with E-state index in [9.17, 15) is 0 Å². The molecule has 21 heavy (non-hydrogen) atoms. The molecule has 2 aliphatic carbocycles. The van der Waals surface area contributed by atoms with Crippen LogP contribution in [-0.4, -0.2) is 17.1 Å². The van der Waals surface area contributed by atoms with Crippen LogP contribution in [0.2, 0.25) is 32.7 Å². The van der Waals surface area contributed by atoms with Crippen molar-refractivity contribution in [2.24, 2.45) is 0 Å². The summed E-state index contributed by atoms with van der Waals surface area (Å²) in [5, 5.41) is 1.68. The van der Waals surface area contributed by atoms with E-state index < -0.39 is 40.3 Å². The summed E-state index contributed by atoms with van der Waals surface area (Å²) < 4.78 is 9.87. The molecule has 0 N–H and O–H groups in total. The Balaban J connectivity index is 0.00000200. The van der Waals surface area contributed by atoms with Gasteiger partial charge in [0.15, 0.2) is 0 Å². The van der Waals surface area contributed by atoms with E-state index >= 15 is 0 Å². The first-order chi connectivity index (χ1) is 8.87. The molecule has 2 rings (SSSR count). The maximum Gasteiger partial charge on any atom is -1.00 e. The van der Waals surface area contributed by atoms with E-state index in [0.29, 0.717) is 0 Å². The van der Waals surface area contributed by atoms with Gasteiger partial charge >= 0.3 is 132 Å². The second-order valence-corrected chi connectivity index (χ2v) is 17.5. The van der Waals surface area contributed by atoms with Gasteiger partial charge in [0.2, 0.25) is 0 Å². The summed E-state index contributed by atoms with van der Waals surface area (Å²) in [6.07, 6.45) is 11.7. The fourth-order valence-corrected chi connectivity index (χ4v) is 10.6. The average molecular weight is 439 g/mol.